The zero-order chi connectivity index (χ0) is 13.9. The topological polar surface area (TPSA) is 69.4 Å². The number of hydrogen-bond acceptors (Lipinski definition) is 4. The summed E-state index contributed by atoms with van der Waals surface area (Å²) in [6.45, 7) is 3.09. The lowest BCUT2D eigenvalue weighted by Crippen LogP contribution is -2.21. The highest BCUT2D eigenvalue weighted by Crippen LogP contribution is 2.19. The largest absolute Gasteiger partial charge is 0.377 e. The van der Waals surface area contributed by atoms with Crippen LogP contribution >= 0.6 is 0 Å². The third-order valence-corrected chi connectivity index (χ3v) is 5.11. The van der Waals surface area contributed by atoms with Crippen molar-refractivity contribution in [2.45, 2.75) is 38.2 Å². The van der Waals surface area contributed by atoms with Gasteiger partial charge in [-0.1, -0.05) is 18.2 Å². The molecular formula is C14H21NO3S. The summed E-state index contributed by atoms with van der Waals surface area (Å²) < 4.78 is 29.7. The van der Waals surface area contributed by atoms with Crippen LogP contribution in [0.25, 0.3) is 0 Å². The molecular weight excluding hydrogens is 262 g/mol. The van der Waals surface area contributed by atoms with Crippen LogP contribution in [0.2, 0.25) is 0 Å². The van der Waals surface area contributed by atoms with Gasteiger partial charge in [-0.05, 0) is 36.5 Å². The van der Waals surface area contributed by atoms with Crippen molar-refractivity contribution in [3.05, 3.63) is 34.9 Å². The van der Waals surface area contributed by atoms with Crippen molar-refractivity contribution in [3.8, 4) is 0 Å². The van der Waals surface area contributed by atoms with Crippen LogP contribution in [0.5, 0.6) is 0 Å². The lowest BCUT2D eigenvalue weighted by molar-refractivity contribution is 0.127. The highest BCUT2D eigenvalue weighted by Gasteiger charge is 2.23. The first-order valence-electron chi connectivity index (χ1n) is 6.60. The maximum atomic E-state index is 12.2. The molecule has 0 aliphatic carbocycles. The van der Waals surface area contributed by atoms with E-state index in [0.29, 0.717) is 13.2 Å². The Bertz CT molecular complexity index is 534. The van der Waals surface area contributed by atoms with Crippen LogP contribution in [0, 0.1) is 6.92 Å². The second-order valence-corrected chi connectivity index (χ2v) is 7.26. The Morgan fingerprint density at radius 1 is 1.42 bits per heavy atom. The standard InChI is InChI=1S/C14H21NO3S/c1-11-7-12(8-15)4-5-13(11)9-19(16,17)10-14-3-2-6-18-14/h4-5,7,14H,2-3,6,8-10,15H2,1H3. The van der Waals surface area contributed by atoms with E-state index in [1.54, 1.807) is 0 Å². The summed E-state index contributed by atoms with van der Waals surface area (Å²) in [7, 11) is -3.12. The van der Waals surface area contributed by atoms with Gasteiger partial charge < -0.3 is 10.5 Å². The van der Waals surface area contributed by atoms with Crippen molar-refractivity contribution in [3.63, 3.8) is 0 Å². The van der Waals surface area contributed by atoms with Crippen LogP contribution in [0.1, 0.15) is 29.5 Å². The average molecular weight is 283 g/mol. The van der Waals surface area contributed by atoms with Gasteiger partial charge >= 0.3 is 0 Å². The van der Waals surface area contributed by atoms with Gasteiger partial charge in [0.05, 0.1) is 17.6 Å². The fraction of sp³-hybridized carbons (Fsp3) is 0.571. The van der Waals surface area contributed by atoms with Crippen molar-refractivity contribution in [1.82, 2.24) is 0 Å². The van der Waals surface area contributed by atoms with Gasteiger partial charge in [0.1, 0.15) is 0 Å². The molecule has 1 heterocycles. The first-order chi connectivity index (χ1) is 9.00. The summed E-state index contributed by atoms with van der Waals surface area (Å²) >= 11 is 0. The molecule has 0 spiro atoms. The van der Waals surface area contributed by atoms with Crippen LogP contribution in [-0.2, 0) is 26.9 Å². The Morgan fingerprint density at radius 3 is 2.79 bits per heavy atom. The van der Waals surface area contributed by atoms with Gasteiger partial charge in [0.15, 0.2) is 9.84 Å². The number of benzene rings is 1. The monoisotopic (exact) mass is 283 g/mol. The molecule has 1 fully saturated rings. The second-order valence-electron chi connectivity index (χ2n) is 5.15. The van der Waals surface area contributed by atoms with Gasteiger partial charge in [-0.15, -0.1) is 0 Å². The van der Waals surface area contributed by atoms with E-state index >= 15 is 0 Å². The van der Waals surface area contributed by atoms with Gasteiger partial charge in [0, 0.05) is 13.2 Å². The summed E-state index contributed by atoms with van der Waals surface area (Å²) in [5.74, 6) is 0.217. The Balaban J connectivity index is 2.06. The Hall–Kier alpha value is -0.910. The van der Waals surface area contributed by atoms with E-state index in [1.165, 1.54) is 0 Å². The molecule has 19 heavy (non-hydrogen) atoms. The van der Waals surface area contributed by atoms with Gasteiger partial charge in [-0.25, -0.2) is 8.42 Å². The third kappa shape index (κ3) is 4.03. The molecule has 106 valence electrons. The molecule has 1 saturated heterocycles. The number of nitrogens with two attached hydrogens (primary N) is 1. The zero-order valence-electron chi connectivity index (χ0n) is 11.3. The number of hydrogen-bond donors (Lipinski definition) is 1. The zero-order valence-corrected chi connectivity index (χ0v) is 12.1. The molecule has 2 rings (SSSR count). The quantitative estimate of drug-likeness (QED) is 0.890. The molecule has 1 aliphatic rings. The maximum absolute atomic E-state index is 12.2. The molecule has 0 aromatic heterocycles. The highest BCUT2D eigenvalue weighted by atomic mass is 32.2. The Morgan fingerprint density at radius 2 is 2.21 bits per heavy atom. The minimum atomic E-state index is -3.12. The predicted octanol–water partition coefficient (Wildman–Crippen LogP) is 1.55. The normalized spacial score (nSPS) is 19.8. The number of sulfone groups is 1. The lowest BCUT2D eigenvalue weighted by atomic mass is 10.1. The Kier molecular flexibility index (Phi) is 4.60. The van der Waals surface area contributed by atoms with Gasteiger partial charge in [0.25, 0.3) is 0 Å². The highest BCUT2D eigenvalue weighted by molar-refractivity contribution is 7.90. The van der Waals surface area contributed by atoms with E-state index in [9.17, 15) is 8.42 Å². The number of rotatable bonds is 5. The van der Waals surface area contributed by atoms with E-state index in [4.69, 9.17) is 10.5 Å². The molecule has 5 heteroatoms. The molecule has 1 aromatic rings. The number of aryl methyl sites for hydroxylation is 1. The van der Waals surface area contributed by atoms with E-state index < -0.39 is 9.84 Å². The van der Waals surface area contributed by atoms with Gasteiger partial charge in [-0.3, -0.25) is 0 Å². The molecule has 1 atom stereocenters. The van der Waals surface area contributed by atoms with Gasteiger partial charge in [-0.2, -0.15) is 0 Å². The summed E-state index contributed by atoms with van der Waals surface area (Å²) in [5, 5.41) is 0. The molecule has 0 amide bonds. The SMILES string of the molecule is Cc1cc(CN)ccc1CS(=O)(=O)CC1CCCO1. The fourth-order valence-corrected chi connectivity index (χ4v) is 4.15. The summed E-state index contributed by atoms with van der Waals surface area (Å²) in [6, 6.07) is 5.71. The van der Waals surface area contributed by atoms with Crippen molar-refractivity contribution in [1.29, 1.82) is 0 Å². The molecule has 0 saturated carbocycles. The second kappa shape index (κ2) is 6.03. The first-order valence-corrected chi connectivity index (χ1v) is 8.43. The minimum absolute atomic E-state index is 0.0868. The summed E-state index contributed by atoms with van der Waals surface area (Å²) in [4.78, 5) is 0. The molecule has 0 bridgehead atoms. The fourth-order valence-electron chi connectivity index (χ4n) is 2.40. The smallest absolute Gasteiger partial charge is 0.156 e. The lowest BCUT2D eigenvalue weighted by Gasteiger charge is -2.12. The molecule has 2 N–H and O–H groups in total. The molecule has 4 nitrogen and oxygen atoms in total. The molecule has 1 unspecified atom stereocenters. The summed E-state index contributed by atoms with van der Waals surface area (Å²) in [6.07, 6.45) is 1.70. The predicted molar refractivity (Wildman–Crippen MR) is 75.5 cm³/mol. The Labute approximate surface area is 114 Å². The van der Waals surface area contributed by atoms with Crippen molar-refractivity contribution < 1.29 is 13.2 Å². The first kappa shape index (κ1) is 14.5. The van der Waals surface area contributed by atoms with E-state index in [2.05, 4.69) is 0 Å². The van der Waals surface area contributed by atoms with Crippen LogP contribution in [0.4, 0.5) is 0 Å². The molecule has 0 radical (unpaired) electrons. The van der Waals surface area contributed by atoms with Gasteiger partial charge in [0.2, 0.25) is 0 Å². The van der Waals surface area contributed by atoms with Crippen molar-refractivity contribution in [2.24, 2.45) is 5.73 Å². The maximum Gasteiger partial charge on any atom is 0.156 e. The third-order valence-electron chi connectivity index (χ3n) is 3.48. The van der Waals surface area contributed by atoms with Crippen molar-refractivity contribution >= 4 is 9.84 Å². The van der Waals surface area contributed by atoms with Crippen molar-refractivity contribution in [2.75, 3.05) is 12.4 Å². The van der Waals surface area contributed by atoms with Crippen LogP contribution in [-0.4, -0.2) is 26.9 Å². The molecule has 1 aromatic carbocycles. The van der Waals surface area contributed by atoms with Crippen LogP contribution in [0.15, 0.2) is 18.2 Å². The minimum Gasteiger partial charge on any atom is -0.377 e. The summed E-state index contributed by atoms with van der Waals surface area (Å²) in [5.41, 5.74) is 8.44. The van der Waals surface area contributed by atoms with E-state index in [1.807, 2.05) is 25.1 Å². The van der Waals surface area contributed by atoms with E-state index in [0.717, 1.165) is 29.5 Å². The number of ether oxygens (including phenoxy) is 1. The average Bonchev–Trinajstić information content (AvgIpc) is 2.83. The van der Waals surface area contributed by atoms with Crippen LogP contribution in [0.3, 0.4) is 0 Å². The molecule has 1 aliphatic heterocycles. The van der Waals surface area contributed by atoms with E-state index in [-0.39, 0.29) is 17.6 Å². The van der Waals surface area contributed by atoms with Crippen LogP contribution < -0.4 is 5.73 Å².